The summed E-state index contributed by atoms with van der Waals surface area (Å²) in [7, 11) is -2.76. The molecule has 0 heterocycles. The Bertz CT molecular complexity index is 571. The van der Waals surface area contributed by atoms with Crippen LogP contribution in [0.2, 0.25) is 0 Å². The minimum atomic E-state index is -2.76. The van der Waals surface area contributed by atoms with E-state index in [0.29, 0.717) is 18.4 Å². The second kappa shape index (κ2) is 9.32. The lowest BCUT2D eigenvalue weighted by Gasteiger charge is -2.37. The van der Waals surface area contributed by atoms with Gasteiger partial charge in [-0.3, -0.25) is 0 Å². The fraction of sp³-hybridized carbons (Fsp3) is 0.455. The first-order valence-electron chi connectivity index (χ1n) is 9.42. The Balaban J connectivity index is 2.56. The zero-order chi connectivity index (χ0) is 18.3. The molecule has 0 amide bonds. The zero-order valence-electron chi connectivity index (χ0n) is 16.2. The molecule has 0 saturated heterocycles. The number of hydrogen-bond acceptors (Lipinski definition) is 2. The van der Waals surface area contributed by atoms with Gasteiger partial charge in [0.2, 0.25) is 0 Å². The molecule has 0 saturated carbocycles. The Kier molecular flexibility index (Phi) is 7.42. The Hall–Kier alpha value is -1.42. The molecule has 25 heavy (non-hydrogen) atoms. The topological polar surface area (TPSA) is 18.5 Å². The van der Waals surface area contributed by atoms with E-state index < -0.39 is 8.56 Å². The molecule has 0 aliphatic carbocycles. The average Bonchev–Trinajstić information content (AvgIpc) is 2.63. The van der Waals surface area contributed by atoms with Crippen molar-refractivity contribution in [2.75, 3.05) is 6.61 Å². The lowest BCUT2D eigenvalue weighted by molar-refractivity contribution is 0.0889. The number of rotatable bonds is 9. The lowest BCUT2D eigenvalue weighted by atomic mass is 10.1. The molecule has 0 aromatic heterocycles. The highest BCUT2D eigenvalue weighted by atomic mass is 28.4. The van der Waals surface area contributed by atoms with E-state index in [9.17, 15) is 0 Å². The number of benzene rings is 2. The normalized spacial score (nSPS) is 13.4. The smallest absolute Gasteiger partial charge is 0.387 e. The largest absolute Gasteiger partial charge is 0.407 e. The molecule has 2 nitrogen and oxygen atoms in total. The van der Waals surface area contributed by atoms with Gasteiger partial charge >= 0.3 is 8.56 Å². The van der Waals surface area contributed by atoms with Gasteiger partial charge in [-0.1, -0.05) is 95.3 Å². The monoisotopic (exact) mass is 356 g/mol. The summed E-state index contributed by atoms with van der Waals surface area (Å²) in [5.74, 6) is 0.911. The Labute approximate surface area is 154 Å². The molecule has 1 unspecified atom stereocenters. The minimum absolute atomic E-state index is 0.180. The standard InChI is InChI=1S/C22H32O2Si/c1-6-22(19(4)5)24-25(23-17-18(2)3,20-13-9-7-10-14-20)21-15-11-8-12-16-21/h7-16,18-19,22H,6,17H2,1-5H3. The summed E-state index contributed by atoms with van der Waals surface area (Å²) in [6.07, 6.45) is 1.16. The van der Waals surface area contributed by atoms with Gasteiger partial charge in [0.25, 0.3) is 0 Å². The molecule has 0 radical (unpaired) electrons. The van der Waals surface area contributed by atoms with Crippen LogP contribution >= 0.6 is 0 Å². The fourth-order valence-corrected chi connectivity index (χ4v) is 6.71. The summed E-state index contributed by atoms with van der Waals surface area (Å²) in [6, 6.07) is 21.1. The van der Waals surface area contributed by atoms with Crippen molar-refractivity contribution in [2.24, 2.45) is 11.8 Å². The third-order valence-corrected chi connectivity index (χ3v) is 7.79. The summed E-state index contributed by atoms with van der Waals surface area (Å²) in [5, 5.41) is 2.36. The Morgan fingerprint density at radius 1 is 0.800 bits per heavy atom. The first kappa shape index (κ1) is 19.9. The third-order valence-electron chi connectivity index (χ3n) is 4.39. The predicted molar refractivity (Wildman–Crippen MR) is 109 cm³/mol. The van der Waals surface area contributed by atoms with E-state index >= 15 is 0 Å². The Morgan fingerprint density at radius 3 is 1.64 bits per heavy atom. The molecule has 0 spiro atoms. The van der Waals surface area contributed by atoms with E-state index in [0.717, 1.165) is 6.42 Å². The van der Waals surface area contributed by atoms with Crippen LogP contribution in [0.3, 0.4) is 0 Å². The van der Waals surface area contributed by atoms with Crippen LogP contribution in [0, 0.1) is 11.8 Å². The molecular weight excluding hydrogens is 324 g/mol. The first-order chi connectivity index (χ1) is 12.0. The van der Waals surface area contributed by atoms with E-state index in [2.05, 4.69) is 95.3 Å². The van der Waals surface area contributed by atoms with Gasteiger partial charge in [0.05, 0.1) is 0 Å². The highest BCUT2D eigenvalue weighted by Gasteiger charge is 2.45. The van der Waals surface area contributed by atoms with Crippen LogP contribution in [0.1, 0.15) is 41.0 Å². The molecule has 2 aromatic rings. The highest BCUT2D eigenvalue weighted by molar-refractivity contribution is 6.92. The second-order valence-corrected chi connectivity index (χ2v) is 10.3. The molecule has 0 fully saturated rings. The van der Waals surface area contributed by atoms with E-state index in [4.69, 9.17) is 8.85 Å². The summed E-state index contributed by atoms with van der Waals surface area (Å²) in [6.45, 7) is 11.7. The van der Waals surface area contributed by atoms with Crippen molar-refractivity contribution in [1.82, 2.24) is 0 Å². The van der Waals surface area contributed by atoms with E-state index in [1.165, 1.54) is 10.4 Å². The molecular formula is C22H32O2Si. The molecule has 3 heteroatoms. The van der Waals surface area contributed by atoms with Crippen LogP contribution in [0.5, 0.6) is 0 Å². The van der Waals surface area contributed by atoms with Crippen LogP contribution in [-0.2, 0) is 8.85 Å². The molecule has 0 bridgehead atoms. The molecule has 0 aliphatic heterocycles. The van der Waals surface area contributed by atoms with Gasteiger partial charge in [0.1, 0.15) is 0 Å². The quantitative estimate of drug-likeness (QED) is 0.621. The third kappa shape index (κ3) is 5.03. The predicted octanol–water partition coefficient (Wildman–Crippen LogP) is 4.37. The van der Waals surface area contributed by atoms with Crippen molar-refractivity contribution < 1.29 is 8.85 Å². The summed E-state index contributed by atoms with van der Waals surface area (Å²) in [4.78, 5) is 0. The maximum absolute atomic E-state index is 6.89. The van der Waals surface area contributed by atoms with Gasteiger partial charge < -0.3 is 8.85 Å². The van der Waals surface area contributed by atoms with Crippen LogP contribution in [-0.4, -0.2) is 21.3 Å². The zero-order valence-corrected chi connectivity index (χ0v) is 17.2. The molecule has 0 aliphatic rings. The summed E-state index contributed by atoms with van der Waals surface area (Å²) < 4.78 is 13.6. The van der Waals surface area contributed by atoms with E-state index in [-0.39, 0.29) is 6.10 Å². The van der Waals surface area contributed by atoms with Gasteiger partial charge in [-0.15, -0.1) is 0 Å². The highest BCUT2D eigenvalue weighted by Crippen LogP contribution is 2.20. The molecule has 0 N–H and O–H groups in total. The molecule has 2 aromatic carbocycles. The summed E-state index contributed by atoms with van der Waals surface area (Å²) in [5.41, 5.74) is 0. The molecule has 136 valence electrons. The SMILES string of the molecule is CCC(O[Si](OCC(C)C)(c1ccccc1)c1ccccc1)C(C)C. The summed E-state index contributed by atoms with van der Waals surface area (Å²) >= 11 is 0. The first-order valence-corrected chi connectivity index (χ1v) is 11.2. The van der Waals surface area contributed by atoms with Gasteiger partial charge in [-0.2, -0.15) is 0 Å². The van der Waals surface area contributed by atoms with Gasteiger partial charge in [0, 0.05) is 12.7 Å². The number of hydrogen-bond donors (Lipinski definition) is 0. The van der Waals surface area contributed by atoms with Crippen LogP contribution in [0.4, 0.5) is 0 Å². The van der Waals surface area contributed by atoms with Crippen molar-refractivity contribution >= 4 is 18.9 Å². The van der Waals surface area contributed by atoms with Crippen molar-refractivity contribution in [1.29, 1.82) is 0 Å². The van der Waals surface area contributed by atoms with Crippen molar-refractivity contribution in [3.05, 3.63) is 60.7 Å². The van der Waals surface area contributed by atoms with Crippen LogP contribution < -0.4 is 10.4 Å². The van der Waals surface area contributed by atoms with Gasteiger partial charge in [-0.25, -0.2) is 0 Å². The van der Waals surface area contributed by atoms with Crippen LogP contribution in [0.25, 0.3) is 0 Å². The van der Waals surface area contributed by atoms with Crippen LogP contribution in [0.15, 0.2) is 60.7 Å². The molecule has 1 atom stereocenters. The second-order valence-electron chi connectivity index (χ2n) is 7.36. The van der Waals surface area contributed by atoms with Crippen molar-refractivity contribution in [2.45, 2.75) is 47.1 Å². The maximum atomic E-state index is 6.89. The van der Waals surface area contributed by atoms with Crippen molar-refractivity contribution in [3.63, 3.8) is 0 Å². The average molecular weight is 357 g/mol. The van der Waals surface area contributed by atoms with Gasteiger partial charge in [-0.05, 0) is 28.6 Å². The fourth-order valence-electron chi connectivity index (χ4n) is 3.01. The van der Waals surface area contributed by atoms with E-state index in [1.54, 1.807) is 0 Å². The Morgan fingerprint density at radius 2 is 1.28 bits per heavy atom. The van der Waals surface area contributed by atoms with E-state index in [1.807, 2.05) is 0 Å². The lowest BCUT2D eigenvalue weighted by Crippen LogP contribution is -2.65. The van der Waals surface area contributed by atoms with Gasteiger partial charge in [0.15, 0.2) is 0 Å². The molecule has 2 rings (SSSR count). The maximum Gasteiger partial charge on any atom is 0.407 e. The van der Waals surface area contributed by atoms with Crippen molar-refractivity contribution in [3.8, 4) is 0 Å². The minimum Gasteiger partial charge on any atom is -0.387 e.